The van der Waals surface area contributed by atoms with Gasteiger partial charge in [0.2, 0.25) is 0 Å². The van der Waals surface area contributed by atoms with Gasteiger partial charge in [0.25, 0.3) is 0 Å². The van der Waals surface area contributed by atoms with Gasteiger partial charge in [-0.2, -0.15) is 0 Å². The Labute approximate surface area is 20.3 Å². The van der Waals surface area contributed by atoms with E-state index < -0.39 is 0 Å². The third-order valence-corrected chi connectivity index (χ3v) is 0. The number of halogens is 4. The van der Waals surface area contributed by atoms with E-state index in [1.54, 1.807) is 0 Å². The van der Waals surface area contributed by atoms with E-state index in [-0.39, 0.29) is 18.8 Å². The van der Waals surface area contributed by atoms with Crippen LogP contribution in [-0.4, -0.2) is 0 Å². The molecule has 0 saturated heterocycles. The summed E-state index contributed by atoms with van der Waals surface area (Å²) < 4.78 is 0. The molecule has 5 heteroatoms. The monoisotopic (exact) mass is 323 g/mol. The molecule has 0 aliphatic rings. The Morgan fingerprint density at radius 1 is 0.400 bits per heavy atom. The molecule has 0 unspecified atom stereocenters. The van der Waals surface area contributed by atoms with Gasteiger partial charge in [-0.25, -0.2) is 0 Å². The van der Waals surface area contributed by atoms with E-state index in [0.29, 0.717) is 0 Å². The quantitative estimate of drug-likeness (QED) is 0.389. The first-order chi connectivity index (χ1) is 0. The Kier molecular flexibility index (Phi) is 16.5. The maximum atomic E-state index is 0. The zero-order valence-corrected chi connectivity index (χ0v) is 4.62. The van der Waals surface area contributed by atoms with Gasteiger partial charge in [0.05, 0.1) is 0 Å². The molecule has 0 aliphatic heterocycles. The first kappa shape index (κ1) is 16.8. The zero-order valence-electron chi connectivity index (χ0n) is 1.85. The van der Waals surface area contributed by atoms with Gasteiger partial charge in [-0.3, -0.25) is 0 Å². The van der Waals surface area contributed by atoms with Crippen LogP contribution >= 0.6 is 0 Å². The number of rotatable bonds is 0. The van der Waals surface area contributed by atoms with Crippen LogP contribution in [0.4, 0.5) is 0 Å². The third kappa shape index (κ3) is 0.861. The summed E-state index contributed by atoms with van der Waals surface area (Å²) in [4.78, 5) is 0. The Bertz CT molecular complexity index is 3.61. The molecule has 0 spiro atoms. The third-order valence-electron chi connectivity index (χ3n) is 0. The molecule has 5 heavy (non-hydrogen) atoms. The summed E-state index contributed by atoms with van der Waals surface area (Å²) >= 11 is 0. The van der Waals surface area contributed by atoms with E-state index >= 15 is 0 Å². The predicted molar refractivity (Wildman–Crippen MR) is 0 cm³/mol. The topological polar surface area (TPSA) is 0 Å². The van der Waals surface area contributed by atoms with Gasteiger partial charge in [0.15, 0.2) is 0 Å². The minimum absolute atomic E-state index is 0. The maximum Gasteiger partial charge on any atom is 0 e. The SMILES string of the molecule is [Bk].[F-].[F-].[F-].[F-]. The van der Waals surface area contributed by atoms with Crippen molar-refractivity contribution in [3.63, 3.8) is 0 Å². The average molecular weight is 323 g/mol. The molecule has 1 radical (unpaired) electrons. The van der Waals surface area contributed by atoms with E-state index in [9.17, 15) is 0 Å². The van der Waals surface area contributed by atoms with Crippen molar-refractivity contribution in [3.05, 3.63) is 0 Å². The van der Waals surface area contributed by atoms with Gasteiger partial charge in [-0.15, -0.1) is 0 Å². The first-order valence-electron chi connectivity index (χ1n) is 0. The normalized spacial score (nSPS) is 0. The van der Waals surface area contributed by atoms with Gasteiger partial charge >= 0.3 is 0 Å². The van der Waals surface area contributed by atoms with Crippen LogP contribution in [0.5, 0.6) is 0 Å². The summed E-state index contributed by atoms with van der Waals surface area (Å²) in [5, 5.41) is 0. The Hall–Kier alpha value is -1.28. The smallest absolute Gasteiger partial charge is 0 e. The Morgan fingerprint density at radius 3 is 0.400 bits per heavy atom. The molecule has 0 saturated carbocycles. The van der Waals surface area contributed by atoms with E-state index in [2.05, 4.69) is 0 Å². The molecule has 0 atom stereocenters. The molecule has 0 bridgehead atoms. The van der Waals surface area contributed by atoms with Crippen LogP contribution in [0.2, 0.25) is 0 Å². The van der Waals surface area contributed by atoms with Crippen molar-refractivity contribution in [2.45, 2.75) is 0 Å². The second kappa shape index (κ2) is 4.91. The molecule has 0 heterocycles. The van der Waals surface area contributed by atoms with Crippen molar-refractivity contribution >= 4 is 0 Å². The van der Waals surface area contributed by atoms with E-state index in [1.807, 2.05) is 0 Å². The minimum atomic E-state index is 0. The van der Waals surface area contributed by atoms with Gasteiger partial charge in [-0.1, -0.05) is 0 Å². The van der Waals surface area contributed by atoms with Crippen molar-refractivity contribution in [1.29, 1.82) is 0 Å². The van der Waals surface area contributed by atoms with E-state index in [4.69, 9.17) is 0 Å². The van der Waals surface area contributed by atoms with Crippen molar-refractivity contribution in [2.75, 3.05) is 0 Å². The van der Waals surface area contributed by atoms with Crippen LogP contribution in [0.1, 0.15) is 0 Å². The molecule has 0 aromatic rings. The summed E-state index contributed by atoms with van der Waals surface area (Å²) in [7, 11) is 0. The van der Waals surface area contributed by atoms with Crippen molar-refractivity contribution in [1.82, 2.24) is 0 Å². The second-order valence-corrected chi connectivity index (χ2v) is 0. The second-order valence-electron chi connectivity index (χ2n) is 0. The number of hydrogen-bond donors (Lipinski definition) is 0. The van der Waals surface area contributed by atoms with Crippen LogP contribution in [-0.2, 0) is 0 Å². The fourth-order valence-electron chi connectivity index (χ4n) is 0. The van der Waals surface area contributed by atoms with Gasteiger partial charge < -0.3 is 18.8 Å². The van der Waals surface area contributed by atoms with Crippen LogP contribution in [0.3, 0.4) is 0 Å². The molecule has 0 N–H and O–H groups in total. The van der Waals surface area contributed by atoms with Crippen molar-refractivity contribution in [2.24, 2.45) is 0 Å². The zero-order chi connectivity index (χ0) is 0. The van der Waals surface area contributed by atoms with E-state index in [1.165, 1.54) is 0 Å². The molecule has 0 fully saturated rings. The summed E-state index contributed by atoms with van der Waals surface area (Å²) in [5.74, 6) is 0. The fourth-order valence-corrected chi connectivity index (χ4v) is 0. The Morgan fingerprint density at radius 2 is 0.400 bits per heavy atom. The molecule has 0 aromatic carbocycles. The maximum absolute atomic E-state index is 0. The summed E-state index contributed by atoms with van der Waals surface area (Å²) in [6.07, 6.45) is 0. The minimum Gasteiger partial charge on any atom is -1.00 e. The van der Waals surface area contributed by atoms with Crippen LogP contribution in [0.15, 0.2) is 0 Å². The molecule has 0 amide bonds. The molecular weight excluding hydrogens is 323 g/mol. The molecular formula is BkF4-4. The van der Waals surface area contributed by atoms with Crippen molar-refractivity contribution < 1.29 is 18.8 Å². The summed E-state index contributed by atoms with van der Waals surface area (Å²) in [6.45, 7) is 0. The summed E-state index contributed by atoms with van der Waals surface area (Å²) in [6, 6.07) is 0. The van der Waals surface area contributed by atoms with Crippen LogP contribution in [0.25, 0.3) is 0 Å². The first-order valence-corrected chi connectivity index (χ1v) is 0. The summed E-state index contributed by atoms with van der Waals surface area (Å²) in [5.41, 5.74) is 0. The average Bonchev–Trinajstić information content (AvgIpc) is 0. The molecule has 0 rings (SSSR count). The molecule has 0 aliphatic carbocycles. The Balaban J connectivity index is 0. The largest absolute Gasteiger partial charge is 1.00 e. The van der Waals surface area contributed by atoms with Gasteiger partial charge in [0.1, 0.15) is 0 Å². The van der Waals surface area contributed by atoms with Crippen LogP contribution in [0, 0.1) is 0 Å². The molecule has 0 nitrogen and oxygen atoms in total. The van der Waals surface area contributed by atoms with Gasteiger partial charge in [0, 0.05) is 0 Å². The standard InChI is InChI=1S/Bk.4FH/h;4*1H/p-4. The van der Waals surface area contributed by atoms with Gasteiger partial charge in [-0.05, 0) is 0 Å². The van der Waals surface area contributed by atoms with Crippen molar-refractivity contribution in [3.8, 4) is 0 Å². The molecule has 0 aromatic heterocycles. The van der Waals surface area contributed by atoms with Crippen LogP contribution < -0.4 is 18.8 Å². The fraction of sp³-hybridized carbons (Fsp3) is 0. The number of hydrogen-bond acceptors (Lipinski definition) is 0. The van der Waals surface area contributed by atoms with E-state index in [0.717, 1.165) is 0 Å². The molecule has 41 valence electrons. The predicted octanol–water partition coefficient (Wildman–Crippen LogP) is -12.0.